The molecule has 3 aromatic carbocycles. The van der Waals surface area contributed by atoms with Crippen LogP contribution in [0.1, 0.15) is 13.8 Å². The number of phenols is 2. The van der Waals surface area contributed by atoms with Gasteiger partial charge in [0, 0.05) is 25.0 Å². The first-order valence-electron chi connectivity index (χ1n) is 12.0. The number of aromatic amines is 1. The Hall–Kier alpha value is -3.18. The van der Waals surface area contributed by atoms with Crippen LogP contribution in [0.15, 0.2) is 34.1 Å². The number of likely N-dealkylation sites (N-methyl/N-ethyl adjacent to an activating group) is 1. The van der Waals surface area contributed by atoms with Gasteiger partial charge >= 0.3 is 0 Å². The molecule has 0 spiro atoms. The Morgan fingerprint density at radius 3 is 2.54 bits per heavy atom. The minimum atomic E-state index is -0.659. The van der Waals surface area contributed by atoms with Crippen molar-refractivity contribution >= 4 is 32.6 Å². The summed E-state index contributed by atoms with van der Waals surface area (Å²) >= 11 is 0. The Bertz CT molecular complexity index is 1440. The summed E-state index contributed by atoms with van der Waals surface area (Å²) in [5, 5.41) is 49.7. The Kier molecular flexibility index (Phi) is 7.56. The largest absolute Gasteiger partial charge is 0.507 e. The zero-order valence-electron chi connectivity index (χ0n) is 20.1. The summed E-state index contributed by atoms with van der Waals surface area (Å²) < 4.78 is 1.78. The Morgan fingerprint density at radius 1 is 1.06 bits per heavy atom. The van der Waals surface area contributed by atoms with Gasteiger partial charge in [-0.1, -0.05) is 13.8 Å². The van der Waals surface area contributed by atoms with E-state index in [1.54, 1.807) is 10.7 Å². The molecule has 0 radical (unpaired) electrons. The SMILES string of the molecule is CCN(CC)CC(O)Cn1[nH]c2c3c(=O)ccc(O)c3c(O)c3c(=NCCNCCO)ccc1c32. The van der Waals surface area contributed by atoms with Gasteiger partial charge in [0.1, 0.15) is 11.5 Å². The maximum absolute atomic E-state index is 12.9. The lowest BCUT2D eigenvalue weighted by molar-refractivity contribution is 0.101. The number of aliphatic hydroxyl groups is 2. The van der Waals surface area contributed by atoms with Gasteiger partial charge in [-0.3, -0.25) is 19.6 Å². The van der Waals surface area contributed by atoms with Crippen molar-refractivity contribution < 1.29 is 20.4 Å². The normalized spacial score (nSPS) is 13.7. The van der Waals surface area contributed by atoms with Gasteiger partial charge in [-0.15, -0.1) is 0 Å². The number of H-pyrrole nitrogens is 1. The van der Waals surface area contributed by atoms with E-state index in [4.69, 9.17) is 5.11 Å². The topological polar surface area (TPSA) is 146 Å². The van der Waals surface area contributed by atoms with E-state index in [0.29, 0.717) is 53.3 Å². The van der Waals surface area contributed by atoms with Crippen LogP contribution in [0.2, 0.25) is 0 Å². The summed E-state index contributed by atoms with van der Waals surface area (Å²) in [4.78, 5) is 19.6. The number of rotatable bonds is 11. The van der Waals surface area contributed by atoms with Gasteiger partial charge in [0.15, 0.2) is 5.43 Å². The van der Waals surface area contributed by atoms with Crippen LogP contribution in [-0.4, -0.2) is 87.1 Å². The fraction of sp³-hybridized carbons (Fsp3) is 0.440. The van der Waals surface area contributed by atoms with Crippen LogP contribution in [0, 0.1) is 0 Å². The molecule has 1 aromatic heterocycles. The molecule has 0 aliphatic carbocycles. The summed E-state index contributed by atoms with van der Waals surface area (Å²) in [5.41, 5.74) is 0.865. The highest BCUT2D eigenvalue weighted by molar-refractivity contribution is 6.23. The van der Waals surface area contributed by atoms with E-state index >= 15 is 0 Å². The van der Waals surface area contributed by atoms with Gasteiger partial charge in [0.25, 0.3) is 0 Å². The number of hydrogen-bond donors (Lipinski definition) is 6. The highest BCUT2D eigenvalue weighted by Crippen LogP contribution is 2.41. The average Bonchev–Trinajstić information content (AvgIpc) is 3.20. The van der Waals surface area contributed by atoms with Crippen LogP contribution in [0.25, 0.3) is 32.6 Å². The number of nitrogens with zero attached hydrogens (tertiary/aromatic N) is 3. The number of aromatic hydroxyl groups is 2. The zero-order valence-corrected chi connectivity index (χ0v) is 20.1. The summed E-state index contributed by atoms with van der Waals surface area (Å²) in [6.07, 6.45) is -0.659. The maximum Gasteiger partial charge on any atom is 0.189 e. The van der Waals surface area contributed by atoms with Crippen LogP contribution >= 0.6 is 0 Å². The summed E-state index contributed by atoms with van der Waals surface area (Å²) in [6, 6.07) is 6.20. The molecule has 0 aliphatic rings. The molecule has 4 aromatic rings. The lowest BCUT2D eigenvalue weighted by Crippen LogP contribution is -2.34. The molecule has 188 valence electrons. The van der Waals surface area contributed by atoms with Crippen molar-refractivity contribution in [3.05, 3.63) is 39.8 Å². The zero-order chi connectivity index (χ0) is 25.1. The first kappa shape index (κ1) is 24.9. The highest BCUT2D eigenvalue weighted by Gasteiger charge is 2.23. The second kappa shape index (κ2) is 10.6. The molecule has 4 rings (SSSR count). The van der Waals surface area contributed by atoms with E-state index < -0.39 is 6.10 Å². The van der Waals surface area contributed by atoms with Crippen molar-refractivity contribution in [3.8, 4) is 11.5 Å². The molecule has 0 saturated carbocycles. The van der Waals surface area contributed by atoms with Gasteiger partial charge in [0.2, 0.25) is 0 Å². The molecule has 0 fully saturated rings. The van der Waals surface area contributed by atoms with Gasteiger partial charge < -0.3 is 30.6 Å². The van der Waals surface area contributed by atoms with Crippen LogP contribution in [-0.2, 0) is 6.54 Å². The molecule has 0 amide bonds. The van der Waals surface area contributed by atoms with Gasteiger partial charge in [-0.05, 0) is 37.4 Å². The van der Waals surface area contributed by atoms with Crippen LogP contribution < -0.4 is 16.1 Å². The van der Waals surface area contributed by atoms with E-state index in [0.717, 1.165) is 13.1 Å². The molecular weight excluding hydrogens is 450 g/mol. The fourth-order valence-electron chi connectivity index (χ4n) is 4.70. The van der Waals surface area contributed by atoms with Gasteiger partial charge in [-0.2, -0.15) is 0 Å². The van der Waals surface area contributed by atoms with E-state index in [2.05, 4.69) is 20.3 Å². The van der Waals surface area contributed by atoms with Gasteiger partial charge in [-0.25, -0.2) is 0 Å². The van der Waals surface area contributed by atoms with E-state index in [1.807, 2.05) is 19.9 Å². The van der Waals surface area contributed by atoms with Crippen molar-refractivity contribution in [1.29, 1.82) is 0 Å². The first-order valence-corrected chi connectivity index (χ1v) is 12.0. The predicted octanol–water partition coefficient (Wildman–Crippen LogP) is 0.670. The van der Waals surface area contributed by atoms with E-state index in [9.17, 15) is 20.1 Å². The summed E-state index contributed by atoms with van der Waals surface area (Å²) in [7, 11) is 0. The van der Waals surface area contributed by atoms with E-state index in [-0.39, 0.29) is 40.9 Å². The van der Waals surface area contributed by atoms with Crippen molar-refractivity contribution in [1.82, 2.24) is 20.0 Å². The van der Waals surface area contributed by atoms with E-state index in [1.165, 1.54) is 12.1 Å². The smallest absolute Gasteiger partial charge is 0.189 e. The average molecular weight is 484 g/mol. The molecule has 1 atom stereocenters. The van der Waals surface area contributed by atoms with Gasteiger partial charge in [0.05, 0.1) is 58.3 Å². The molecule has 10 heteroatoms. The first-order chi connectivity index (χ1) is 16.9. The third-order valence-corrected chi connectivity index (χ3v) is 6.43. The highest BCUT2D eigenvalue weighted by atomic mass is 16.3. The minimum absolute atomic E-state index is 0.0339. The second-order valence-electron chi connectivity index (χ2n) is 8.63. The van der Waals surface area contributed by atoms with Crippen molar-refractivity contribution in [3.63, 3.8) is 0 Å². The summed E-state index contributed by atoms with van der Waals surface area (Å²) in [5.74, 6) is -0.400. The minimum Gasteiger partial charge on any atom is -0.507 e. The standard InChI is InChI=1S/C25H33N5O5/c1-3-29(4-2)13-15(32)14-30-17-6-5-16(27-10-9-26-11-12-31)20-21(17)24(28-30)22-18(33)7-8-19(34)23(22)25(20)35/h5-8,15,26,28,31-32,34-35H,3-4,9-14H2,1-2H3. The van der Waals surface area contributed by atoms with Crippen molar-refractivity contribution in [2.45, 2.75) is 26.5 Å². The molecule has 0 aliphatic heterocycles. The Morgan fingerprint density at radius 2 is 1.83 bits per heavy atom. The number of aromatic nitrogens is 2. The maximum atomic E-state index is 12.9. The molecular formula is C25H33N5O5. The monoisotopic (exact) mass is 483 g/mol. The second-order valence-corrected chi connectivity index (χ2v) is 8.63. The van der Waals surface area contributed by atoms with Crippen molar-refractivity contribution in [2.75, 3.05) is 45.9 Å². The quantitative estimate of drug-likeness (QED) is 0.136. The lowest BCUT2D eigenvalue weighted by Gasteiger charge is -2.22. The number of hydrogen-bond acceptors (Lipinski definition) is 8. The molecule has 10 nitrogen and oxygen atoms in total. The third-order valence-electron chi connectivity index (χ3n) is 6.43. The Balaban J connectivity index is 1.92. The lowest BCUT2D eigenvalue weighted by atomic mass is 9.99. The number of aliphatic hydroxyl groups excluding tert-OH is 2. The van der Waals surface area contributed by atoms with Crippen LogP contribution in [0.3, 0.4) is 0 Å². The number of phenolic OH excluding ortho intramolecular Hbond substituents is 2. The molecule has 35 heavy (non-hydrogen) atoms. The van der Waals surface area contributed by atoms with Crippen LogP contribution in [0.5, 0.6) is 11.5 Å². The van der Waals surface area contributed by atoms with Crippen molar-refractivity contribution in [2.24, 2.45) is 4.99 Å². The molecule has 1 unspecified atom stereocenters. The number of nitrogens with one attached hydrogen (secondary N) is 2. The Labute approximate surface area is 202 Å². The predicted molar refractivity (Wildman–Crippen MR) is 136 cm³/mol. The number of benzene rings is 3. The molecule has 6 N–H and O–H groups in total. The molecule has 0 bridgehead atoms. The molecule has 1 heterocycles. The fourth-order valence-corrected chi connectivity index (χ4v) is 4.70. The third kappa shape index (κ3) is 4.70. The summed E-state index contributed by atoms with van der Waals surface area (Å²) in [6.45, 7) is 7.95. The number of fused-ring (bicyclic) bond motifs is 2. The molecule has 0 saturated heterocycles. The van der Waals surface area contributed by atoms with Crippen LogP contribution in [0.4, 0.5) is 0 Å².